The van der Waals surface area contributed by atoms with Gasteiger partial charge in [0.1, 0.15) is 0 Å². The molecule has 0 fully saturated rings. The number of rotatable bonds is 5. The van der Waals surface area contributed by atoms with E-state index in [1.54, 1.807) is 0 Å². The van der Waals surface area contributed by atoms with E-state index in [1.165, 1.54) is 43.3 Å². The second-order valence-electron chi connectivity index (χ2n) is 5.65. The predicted octanol–water partition coefficient (Wildman–Crippen LogP) is 5.67. The van der Waals surface area contributed by atoms with Crippen molar-refractivity contribution in [2.24, 2.45) is 0 Å². The van der Waals surface area contributed by atoms with Crippen molar-refractivity contribution in [1.29, 1.82) is 0 Å². The third kappa shape index (κ3) is 4.79. The van der Waals surface area contributed by atoms with Crippen LogP contribution in [0.3, 0.4) is 0 Å². The molecule has 8 heteroatoms. The van der Waals surface area contributed by atoms with E-state index in [0.717, 1.165) is 0 Å². The second kappa shape index (κ2) is 7.83. The molecule has 4 nitrogen and oxygen atoms in total. The Bertz CT molecular complexity index is 820. The van der Waals surface area contributed by atoms with Gasteiger partial charge in [-0.15, -0.1) is 0 Å². The highest BCUT2D eigenvalue weighted by Crippen LogP contribution is 2.33. The standard InChI is InChI=1S/C17H13Cl4NO3/c1-17(16(24)25,9-2-3-13(20)14(21)4-9)8-15(23)22-12-6-10(18)5-11(19)7-12/h2-7H,8H2,1H3,(H,22,23)(H,24,25). The molecule has 25 heavy (non-hydrogen) atoms. The van der Waals surface area contributed by atoms with Crippen molar-refractivity contribution in [2.45, 2.75) is 18.8 Å². The number of halogens is 4. The summed E-state index contributed by atoms with van der Waals surface area (Å²) >= 11 is 23.6. The van der Waals surface area contributed by atoms with E-state index >= 15 is 0 Å². The van der Waals surface area contributed by atoms with Gasteiger partial charge in [-0.25, -0.2) is 0 Å². The van der Waals surface area contributed by atoms with Gasteiger partial charge in [-0.3, -0.25) is 9.59 Å². The SMILES string of the molecule is CC(CC(=O)Nc1cc(Cl)cc(Cl)c1)(C(=O)O)c1ccc(Cl)c(Cl)c1. The molecule has 0 heterocycles. The van der Waals surface area contributed by atoms with Gasteiger partial charge in [0.15, 0.2) is 0 Å². The van der Waals surface area contributed by atoms with E-state index in [4.69, 9.17) is 46.4 Å². The van der Waals surface area contributed by atoms with Crippen LogP contribution >= 0.6 is 46.4 Å². The van der Waals surface area contributed by atoms with Crippen LogP contribution in [-0.4, -0.2) is 17.0 Å². The van der Waals surface area contributed by atoms with Gasteiger partial charge in [-0.05, 0) is 42.8 Å². The van der Waals surface area contributed by atoms with E-state index in [-0.39, 0.29) is 11.4 Å². The maximum Gasteiger partial charge on any atom is 0.314 e. The summed E-state index contributed by atoms with van der Waals surface area (Å²) in [6.45, 7) is 1.44. The number of amides is 1. The monoisotopic (exact) mass is 419 g/mol. The molecule has 1 atom stereocenters. The van der Waals surface area contributed by atoms with Crippen LogP contribution in [0.25, 0.3) is 0 Å². The zero-order chi connectivity index (χ0) is 18.8. The molecule has 1 unspecified atom stereocenters. The van der Waals surface area contributed by atoms with E-state index in [2.05, 4.69) is 5.32 Å². The summed E-state index contributed by atoms with van der Waals surface area (Å²) in [7, 11) is 0. The van der Waals surface area contributed by atoms with Crippen molar-refractivity contribution < 1.29 is 14.7 Å². The van der Waals surface area contributed by atoms with E-state index in [9.17, 15) is 14.7 Å². The number of carboxylic acid groups (broad SMARTS) is 1. The summed E-state index contributed by atoms with van der Waals surface area (Å²) in [5, 5.41) is 13.5. The molecule has 0 aliphatic rings. The van der Waals surface area contributed by atoms with Crippen molar-refractivity contribution in [3.8, 4) is 0 Å². The number of carbonyl (C=O) groups is 2. The molecule has 0 saturated heterocycles. The lowest BCUT2D eigenvalue weighted by Gasteiger charge is -2.25. The van der Waals surface area contributed by atoms with Crippen molar-refractivity contribution in [3.63, 3.8) is 0 Å². The van der Waals surface area contributed by atoms with Crippen molar-refractivity contribution in [1.82, 2.24) is 0 Å². The number of benzene rings is 2. The number of carboxylic acids is 1. The molecule has 0 bridgehead atoms. The van der Waals surface area contributed by atoms with Gasteiger partial charge < -0.3 is 10.4 Å². The Labute approximate surface area is 164 Å². The summed E-state index contributed by atoms with van der Waals surface area (Å²) in [5.74, 6) is -1.67. The first kappa shape index (κ1) is 19.9. The largest absolute Gasteiger partial charge is 0.481 e. The first-order valence-corrected chi connectivity index (χ1v) is 8.58. The predicted molar refractivity (Wildman–Crippen MR) is 101 cm³/mol. The molecule has 0 aromatic heterocycles. The highest BCUT2D eigenvalue weighted by atomic mass is 35.5. The Hall–Kier alpha value is -1.46. The molecule has 0 radical (unpaired) electrons. The zero-order valence-electron chi connectivity index (χ0n) is 12.9. The lowest BCUT2D eigenvalue weighted by atomic mass is 9.79. The van der Waals surface area contributed by atoms with Crippen molar-refractivity contribution >= 4 is 64.0 Å². The fourth-order valence-corrected chi connectivity index (χ4v) is 3.12. The number of nitrogens with one attached hydrogen (secondary N) is 1. The van der Waals surface area contributed by atoms with Gasteiger partial charge >= 0.3 is 5.97 Å². The van der Waals surface area contributed by atoms with E-state index in [0.29, 0.717) is 26.3 Å². The number of carbonyl (C=O) groups excluding carboxylic acids is 1. The first-order chi connectivity index (χ1) is 11.6. The summed E-state index contributed by atoms with van der Waals surface area (Å²) < 4.78 is 0. The number of hydrogen-bond acceptors (Lipinski definition) is 2. The maximum absolute atomic E-state index is 12.4. The molecule has 2 aromatic rings. The lowest BCUT2D eigenvalue weighted by Crippen LogP contribution is -2.36. The summed E-state index contributed by atoms with van der Waals surface area (Å²) in [6, 6.07) is 9.03. The molecule has 132 valence electrons. The Morgan fingerprint density at radius 3 is 2.12 bits per heavy atom. The topological polar surface area (TPSA) is 66.4 Å². The van der Waals surface area contributed by atoms with Crippen LogP contribution in [0.1, 0.15) is 18.9 Å². The van der Waals surface area contributed by atoms with Crippen molar-refractivity contribution in [2.75, 3.05) is 5.32 Å². The van der Waals surface area contributed by atoms with Crippen LogP contribution in [0.5, 0.6) is 0 Å². The van der Waals surface area contributed by atoms with Gasteiger partial charge in [0, 0.05) is 22.2 Å². The van der Waals surface area contributed by atoms with Gasteiger partial charge in [0.25, 0.3) is 0 Å². The zero-order valence-corrected chi connectivity index (χ0v) is 16.0. The third-order valence-corrected chi connectivity index (χ3v) is 4.86. The summed E-state index contributed by atoms with van der Waals surface area (Å²) in [6.07, 6.45) is -0.315. The summed E-state index contributed by atoms with van der Waals surface area (Å²) in [5.41, 5.74) is -0.737. The van der Waals surface area contributed by atoms with Crippen LogP contribution in [-0.2, 0) is 15.0 Å². The highest BCUT2D eigenvalue weighted by molar-refractivity contribution is 6.42. The average Bonchev–Trinajstić information content (AvgIpc) is 2.48. The van der Waals surface area contributed by atoms with Crippen LogP contribution in [0.15, 0.2) is 36.4 Å². The smallest absolute Gasteiger partial charge is 0.314 e. The number of anilines is 1. The third-order valence-electron chi connectivity index (χ3n) is 3.69. The minimum atomic E-state index is -1.49. The highest BCUT2D eigenvalue weighted by Gasteiger charge is 2.38. The summed E-state index contributed by atoms with van der Waals surface area (Å²) in [4.78, 5) is 24.2. The van der Waals surface area contributed by atoms with Crippen LogP contribution < -0.4 is 5.32 Å². The normalized spacial score (nSPS) is 13.2. The van der Waals surface area contributed by atoms with E-state index in [1.807, 2.05) is 0 Å². The fourth-order valence-electron chi connectivity index (χ4n) is 2.29. The van der Waals surface area contributed by atoms with Crippen LogP contribution in [0.4, 0.5) is 5.69 Å². The Morgan fingerprint density at radius 1 is 1.00 bits per heavy atom. The molecule has 1 amide bonds. The molecule has 2 rings (SSSR count). The van der Waals surface area contributed by atoms with E-state index < -0.39 is 17.3 Å². The number of hydrogen-bond donors (Lipinski definition) is 2. The average molecular weight is 421 g/mol. The molecule has 0 spiro atoms. The molecular formula is C17H13Cl4NO3. The number of aliphatic carboxylic acids is 1. The molecule has 2 aromatic carbocycles. The Balaban J connectivity index is 2.27. The molecule has 0 aliphatic heterocycles. The minimum absolute atomic E-state index is 0.216. The van der Waals surface area contributed by atoms with Gasteiger partial charge in [-0.1, -0.05) is 52.5 Å². The Morgan fingerprint density at radius 2 is 1.60 bits per heavy atom. The first-order valence-electron chi connectivity index (χ1n) is 7.06. The second-order valence-corrected chi connectivity index (χ2v) is 7.34. The van der Waals surface area contributed by atoms with Gasteiger partial charge in [-0.2, -0.15) is 0 Å². The van der Waals surface area contributed by atoms with Crippen molar-refractivity contribution in [3.05, 3.63) is 62.1 Å². The molecule has 2 N–H and O–H groups in total. The quantitative estimate of drug-likeness (QED) is 0.654. The van der Waals surface area contributed by atoms with Gasteiger partial charge in [0.05, 0.1) is 15.5 Å². The minimum Gasteiger partial charge on any atom is -0.481 e. The van der Waals surface area contributed by atoms with Crippen LogP contribution in [0.2, 0.25) is 20.1 Å². The molecule has 0 saturated carbocycles. The molecule has 0 aliphatic carbocycles. The maximum atomic E-state index is 12.4. The molecular weight excluding hydrogens is 408 g/mol. The lowest BCUT2D eigenvalue weighted by molar-refractivity contribution is -0.145. The van der Waals surface area contributed by atoms with Crippen LogP contribution in [0, 0.1) is 0 Å². The Kier molecular flexibility index (Phi) is 6.22. The fraction of sp³-hybridized carbons (Fsp3) is 0.176. The van der Waals surface area contributed by atoms with Gasteiger partial charge in [0.2, 0.25) is 5.91 Å².